The molecule has 0 heterocycles. The lowest BCUT2D eigenvalue weighted by atomic mass is 10.2. The Morgan fingerprint density at radius 3 is 2.87 bits per heavy atom. The van der Waals surface area contributed by atoms with Crippen LogP contribution in [0, 0.1) is 27.8 Å². The van der Waals surface area contributed by atoms with Crippen molar-refractivity contribution in [1.82, 2.24) is 0 Å². The van der Waals surface area contributed by atoms with Gasteiger partial charge in [-0.25, -0.2) is 0 Å². The van der Waals surface area contributed by atoms with Crippen LogP contribution in [0.4, 0.5) is 10.1 Å². The fourth-order valence-corrected chi connectivity index (χ4v) is 0.967. The SMILES string of the molecule is NCCC#Cc1ccc(F)c([N+](=O)[O-])c1. The number of nitro benzene ring substituents is 1. The highest BCUT2D eigenvalue weighted by Crippen LogP contribution is 2.17. The molecule has 0 bridgehead atoms. The van der Waals surface area contributed by atoms with Gasteiger partial charge < -0.3 is 5.73 Å². The highest BCUT2D eigenvalue weighted by Gasteiger charge is 2.13. The van der Waals surface area contributed by atoms with E-state index in [1.807, 2.05) is 0 Å². The van der Waals surface area contributed by atoms with Gasteiger partial charge in [-0.1, -0.05) is 11.8 Å². The maximum absolute atomic E-state index is 12.9. The molecule has 15 heavy (non-hydrogen) atoms. The van der Waals surface area contributed by atoms with Crippen molar-refractivity contribution in [2.24, 2.45) is 5.73 Å². The van der Waals surface area contributed by atoms with E-state index in [2.05, 4.69) is 11.8 Å². The van der Waals surface area contributed by atoms with Crippen LogP contribution in [0.2, 0.25) is 0 Å². The molecule has 0 radical (unpaired) electrons. The van der Waals surface area contributed by atoms with Crippen LogP contribution in [0.25, 0.3) is 0 Å². The van der Waals surface area contributed by atoms with Crippen LogP contribution >= 0.6 is 0 Å². The summed E-state index contributed by atoms with van der Waals surface area (Å²) in [6.45, 7) is 0.427. The standard InChI is InChI=1S/C10H9FN2O2/c11-9-5-4-8(3-1-2-6-12)7-10(9)13(14)15/h4-5,7H,2,6,12H2. The van der Waals surface area contributed by atoms with Gasteiger partial charge in [0.15, 0.2) is 0 Å². The second-order valence-corrected chi connectivity index (χ2v) is 2.76. The minimum absolute atomic E-state index is 0.413. The second-order valence-electron chi connectivity index (χ2n) is 2.76. The first-order chi connectivity index (χ1) is 7.15. The van der Waals surface area contributed by atoms with Crippen LogP contribution in [-0.4, -0.2) is 11.5 Å². The quantitative estimate of drug-likeness (QED) is 0.454. The van der Waals surface area contributed by atoms with Gasteiger partial charge in [-0.3, -0.25) is 10.1 Å². The van der Waals surface area contributed by atoms with Crippen molar-refractivity contribution in [3.05, 3.63) is 39.7 Å². The Bertz CT molecular complexity index is 435. The minimum atomic E-state index is -0.857. The van der Waals surface area contributed by atoms with Gasteiger partial charge in [0.05, 0.1) is 4.92 Å². The maximum atomic E-state index is 12.9. The number of halogens is 1. The lowest BCUT2D eigenvalue weighted by Crippen LogP contribution is -1.95. The molecule has 0 aliphatic carbocycles. The third kappa shape index (κ3) is 3.04. The Balaban J connectivity index is 2.99. The molecule has 1 rings (SSSR count). The first kappa shape index (κ1) is 11.1. The summed E-state index contributed by atoms with van der Waals surface area (Å²) in [5, 5.41) is 10.4. The average Bonchev–Trinajstić information content (AvgIpc) is 2.20. The molecular formula is C10H9FN2O2. The summed E-state index contributed by atoms with van der Waals surface area (Å²) in [5.41, 5.74) is 5.08. The third-order valence-corrected chi connectivity index (χ3v) is 1.64. The summed E-state index contributed by atoms with van der Waals surface area (Å²) in [4.78, 5) is 9.63. The van der Waals surface area contributed by atoms with E-state index in [0.29, 0.717) is 18.5 Å². The topological polar surface area (TPSA) is 69.2 Å². The van der Waals surface area contributed by atoms with Crippen LogP contribution < -0.4 is 5.73 Å². The van der Waals surface area contributed by atoms with E-state index in [1.54, 1.807) is 0 Å². The van der Waals surface area contributed by atoms with Crippen LogP contribution in [0.15, 0.2) is 18.2 Å². The van der Waals surface area contributed by atoms with Crippen molar-refractivity contribution in [2.45, 2.75) is 6.42 Å². The molecule has 0 atom stereocenters. The van der Waals surface area contributed by atoms with Crippen LogP contribution in [0.3, 0.4) is 0 Å². The van der Waals surface area contributed by atoms with Crippen molar-refractivity contribution in [1.29, 1.82) is 0 Å². The van der Waals surface area contributed by atoms with Crippen molar-refractivity contribution >= 4 is 5.69 Å². The van der Waals surface area contributed by atoms with Crippen LogP contribution in [0.1, 0.15) is 12.0 Å². The van der Waals surface area contributed by atoms with Gasteiger partial charge in [0.25, 0.3) is 0 Å². The van der Waals surface area contributed by atoms with Crippen molar-refractivity contribution in [3.63, 3.8) is 0 Å². The van der Waals surface area contributed by atoms with Crippen LogP contribution in [-0.2, 0) is 0 Å². The van der Waals surface area contributed by atoms with E-state index in [4.69, 9.17) is 5.73 Å². The number of hydrogen-bond acceptors (Lipinski definition) is 3. The number of rotatable bonds is 2. The predicted molar refractivity (Wildman–Crippen MR) is 53.6 cm³/mol. The highest BCUT2D eigenvalue weighted by molar-refractivity contribution is 5.44. The Kier molecular flexibility index (Phi) is 3.77. The van der Waals surface area contributed by atoms with E-state index in [9.17, 15) is 14.5 Å². The monoisotopic (exact) mass is 208 g/mol. The molecule has 0 amide bonds. The normalized spacial score (nSPS) is 9.20. The molecule has 0 spiro atoms. The van der Waals surface area contributed by atoms with Crippen molar-refractivity contribution in [2.75, 3.05) is 6.54 Å². The van der Waals surface area contributed by atoms with E-state index in [0.717, 1.165) is 12.1 Å². The van der Waals surface area contributed by atoms with Crippen molar-refractivity contribution < 1.29 is 9.31 Å². The van der Waals surface area contributed by atoms with Gasteiger partial charge in [0.2, 0.25) is 5.82 Å². The highest BCUT2D eigenvalue weighted by atomic mass is 19.1. The largest absolute Gasteiger partial charge is 0.330 e. The Morgan fingerprint density at radius 2 is 2.27 bits per heavy atom. The predicted octanol–water partition coefficient (Wildman–Crippen LogP) is 1.43. The summed E-state index contributed by atoms with van der Waals surface area (Å²) < 4.78 is 12.9. The molecule has 0 unspecified atom stereocenters. The molecule has 2 N–H and O–H groups in total. The van der Waals surface area contributed by atoms with Gasteiger partial charge in [0, 0.05) is 24.6 Å². The number of hydrogen-bond donors (Lipinski definition) is 1. The Hall–Kier alpha value is -1.93. The van der Waals surface area contributed by atoms with Gasteiger partial charge in [-0.05, 0) is 12.1 Å². The Labute approximate surface area is 86.0 Å². The smallest absolute Gasteiger partial charge is 0.306 e. The first-order valence-electron chi connectivity index (χ1n) is 4.28. The molecule has 0 saturated heterocycles. The molecule has 1 aromatic carbocycles. The molecular weight excluding hydrogens is 199 g/mol. The van der Waals surface area contributed by atoms with Gasteiger partial charge in [-0.15, -0.1) is 0 Å². The summed E-state index contributed by atoms with van der Waals surface area (Å²) in [6.07, 6.45) is 0.505. The van der Waals surface area contributed by atoms with E-state index < -0.39 is 16.4 Å². The zero-order chi connectivity index (χ0) is 11.3. The van der Waals surface area contributed by atoms with Gasteiger partial charge >= 0.3 is 5.69 Å². The maximum Gasteiger partial charge on any atom is 0.306 e. The summed E-state index contributed by atoms with van der Waals surface area (Å²) in [5.74, 6) is 4.53. The summed E-state index contributed by atoms with van der Waals surface area (Å²) in [6, 6.07) is 3.54. The lowest BCUT2D eigenvalue weighted by molar-refractivity contribution is -0.387. The summed E-state index contributed by atoms with van der Waals surface area (Å²) in [7, 11) is 0. The molecule has 0 aromatic heterocycles. The molecule has 0 aliphatic rings. The van der Waals surface area contributed by atoms with Gasteiger partial charge in [-0.2, -0.15) is 4.39 Å². The fourth-order valence-electron chi connectivity index (χ4n) is 0.967. The molecule has 0 saturated carbocycles. The second kappa shape index (κ2) is 5.08. The average molecular weight is 208 g/mol. The fraction of sp³-hybridized carbons (Fsp3) is 0.200. The number of benzene rings is 1. The van der Waals surface area contributed by atoms with Crippen LogP contribution in [0.5, 0.6) is 0 Å². The summed E-state index contributed by atoms with van der Waals surface area (Å²) >= 11 is 0. The van der Waals surface area contributed by atoms with E-state index in [-0.39, 0.29) is 0 Å². The molecule has 78 valence electrons. The zero-order valence-corrected chi connectivity index (χ0v) is 7.87. The number of nitrogens with two attached hydrogens (primary N) is 1. The van der Waals surface area contributed by atoms with Gasteiger partial charge in [0.1, 0.15) is 0 Å². The number of nitrogens with zero attached hydrogens (tertiary/aromatic N) is 1. The number of nitro groups is 1. The molecule has 1 aromatic rings. The minimum Gasteiger partial charge on any atom is -0.330 e. The van der Waals surface area contributed by atoms with Crippen molar-refractivity contribution in [3.8, 4) is 11.8 Å². The Morgan fingerprint density at radius 1 is 1.53 bits per heavy atom. The molecule has 4 nitrogen and oxygen atoms in total. The molecule has 0 fully saturated rings. The van der Waals surface area contributed by atoms with E-state index >= 15 is 0 Å². The zero-order valence-electron chi connectivity index (χ0n) is 7.87. The molecule has 5 heteroatoms. The first-order valence-corrected chi connectivity index (χ1v) is 4.28. The molecule has 0 aliphatic heterocycles. The third-order valence-electron chi connectivity index (χ3n) is 1.64. The lowest BCUT2D eigenvalue weighted by Gasteiger charge is -1.94. The van der Waals surface area contributed by atoms with E-state index in [1.165, 1.54) is 6.07 Å².